The zero-order chi connectivity index (χ0) is 19.4. The van der Waals surface area contributed by atoms with Crippen LogP contribution in [-0.2, 0) is 10.2 Å². The Kier molecular flexibility index (Phi) is 8.11. The molecule has 0 fully saturated rings. The molecule has 0 radical (unpaired) electrons. The molecule has 0 aliphatic heterocycles. The summed E-state index contributed by atoms with van der Waals surface area (Å²) in [7, 11) is -0.271. The van der Waals surface area contributed by atoms with Crippen LogP contribution in [0.25, 0.3) is 20.9 Å². The Bertz CT molecular complexity index is 921. The van der Waals surface area contributed by atoms with Crippen LogP contribution in [0.4, 0.5) is 17.1 Å². The normalized spacial score (nSPS) is 10.1. The smallest absolute Gasteiger partial charge is 0.321 e. The molecule has 0 aliphatic carbocycles. The number of hydrogen-bond acceptors (Lipinski definition) is 5. The zero-order valence-electron chi connectivity index (χ0n) is 13.9. The van der Waals surface area contributed by atoms with Crippen LogP contribution in [-0.4, -0.2) is 22.5 Å². The number of nitrogens with zero attached hydrogens (tertiary/aromatic N) is 9. The van der Waals surface area contributed by atoms with E-state index in [1.165, 1.54) is 0 Å². The number of hydrogen-bond donors (Lipinski definition) is 0. The van der Waals surface area contributed by atoms with Crippen LogP contribution in [0.5, 0.6) is 0 Å². The van der Waals surface area contributed by atoms with Gasteiger partial charge in [-0.15, -0.1) is 5.11 Å². The number of para-hydroxylation sites is 1. The molecular weight excluding hydrogens is 358 g/mol. The van der Waals surface area contributed by atoms with Gasteiger partial charge in [-0.05, 0) is 35.3 Å². The standard InChI is InChI=1S/C14H15N3.N6O2S/c1-17(2)14-11-7-6-10-13(14)16-15-12-8-4-3-5-9-12;1-3-5-9(7,8)6-4-2/h3-11H,1-2H3;. The molecule has 0 bridgehead atoms. The molecule has 2 aromatic rings. The second kappa shape index (κ2) is 10.3. The molecule has 0 spiro atoms. The lowest BCUT2D eigenvalue weighted by Gasteiger charge is -2.13. The lowest BCUT2D eigenvalue weighted by molar-refractivity contribution is 0.599. The van der Waals surface area contributed by atoms with Crippen LogP contribution in [0, 0.1) is 0 Å². The molecule has 0 saturated heterocycles. The van der Waals surface area contributed by atoms with Crippen LogP contribution >= 0.6 is 0 Å². The van der Waals surface area contributed by atoms with E-state index in [1.54, 1.807) is 0 Å². The highest BCUT2D eigenvalue weighted by atomic mass is 32.2. The Labute approximate surface area is 150 Å². The van der Waals surface area contributed by atoms with Gasteiger partial charge in [0.15, 0.2) is 0 Å². The third-order valence-electron chi connectivity index (χ3n) is 2.67. The summed E-state index contributed by atoms with van der Waals surface area (Å²) in [5.74, 6) is 0. The van der Waals surface area contributed by atoms with E-state index in [4.69, 9.17) is 11.1 Å². The summed E-state index contributed by atoms with van der Waals surface area (Å²) in [6.45, 7) is 0. The second-order valence-corrected chi connectivity index (χ2v) is 5.93. The van der Waals surface area contributed by atoms with E-state index in [-0.39, 0.29) is 0 Å². The van der Waals surface area contributed by atoms with E-state index in [1.807, 2.05) is 83.4 Å². The minimum absolute atomic E-state index is 0.862. The number of benzene rings is 2. The molecule has 11 nitrogen and oxygen atoms in total. The maximum atomic E-state index is 9.99. The van der Waals surface area contributed by atoms with Crippen molar-refractivity contribution in [2.24, 2.45) is 19.3 Å². The fraction of sp³-hybridized carbons (Fsp3) is 0.143. The third kappa shape index (κ3) is 7.32. The van der Waals surface area contributed by atoms with E-state index in [2.05, 4.69) is 19.3 Å². The molecule has 0 amide bonds. The van der Waals surface area contributed by atoms with Gasteiger partial charge in [-0.1, -0.05) is 30.3 Å². The first-order valence-electron chi connectivity index (χ1n) is 7.00. The van der Waals surface area contributed by atoms with Crippen molar-refractivity contribution < 1.29 is 8.42 Å². The molecule has 134 valence electrons. The van der Waals surface area contributed by atoms with Crippen molar-refractivity contribution in [1.29, 1.82) is 0 Å². The van der Waals surface area contributed by atoms with Crippen LogP contribution in [0.3, 0.4) is 0 Å². The molecule has 0 saturated carbocycles. The maximum absolute atomic E-state index is 9.99. The first-order valence-corrected chi connectivity index (χ1v) is 8.40. The summed E-state index contributed by atoms with van der Waals surface area (Å²) in [6, 6.07) is 17.7. The van der Waals surface area contributed by atoms with Crippen molar-refractivity contribution in [1.82, 2.24) is 0 Å². The van der Waals surface area contributed by atoms with Crippen LogP contribution in [0.2, 0.25) is 0 Å². The van der Waals surface area contributed by atoms with Crippen molar-refractivity contribution in [2.75, 3.05) is 19.0 Å². The van der Waals surface area contributed by atoms with E-state index in [9.17, 15) is 8.42 Å². The Hall–Kier alpha value is -3.59. The Balaban J connectivity index is 0.000000321. The van der Waals surface area contributed by atoms with Gasteiger partial charge in [0.1, 0.15) is 5.69 Å². The Morgan fingerprint density at radius 3 is 1.92 bits per heavy atom. The summed E-state index contributed by atoms with van der Waals surface area (Å²) in [6.07, 6.45) is 0. The lowest BCUT2D eigenvalue weighted by Crippen LogP contribution is -2.08. The molecule has 0 N–H and O–H groups in total. The molecule has 0 aliphatic rings. The number of anilines is 1. The average molecular weight is 373 g/mol. The first-order chi connectivity index (χ1) is 12.4. The molecule has 26 heavy (non-hydrogen) atoms. The number of rotatable bonds is 5. The predicted molar refractivity (Wildman–Crippen MR) is 98.6 cm³/mol. The summed E-state index contributed by atoms with van der Waals surface area (Å²) >= 11 is 0. The fourth-order valence-corrected chi connectivity index (χ4v) is 1.86. The predicted octanol–water partition coefficient (Wildman–Crippen LogP) is 5.02. The zero-order valence-corrected chi connectivity index (χ0v) is 14.8. The number of azide groups is 1. The monoisotopic (exact) mass is 373 g/mol. The molecule has 0 heterocycles. The van der Waals surface area contributed by atoms with Gasteiger partial charge in [0.2, 0.25) is 0 Å². The molecule has 12 heteroatoms. The summed E-state index contributed by atoms with van der Waals surface area (Å²) < 4.78 is 24.3. The summed E-state index contributed by atoms with van der Waals surface area (Å²) in [5, 5.41) is 8.50. The summed E-state index contributed by atoms with van der Waals surface area (Å²) in [5.41, 5.74) is 17.8. The minimum Gasteiger partial charge on any atom is -0.376 e. The maximum Gasteiger partial charge on any atom is 0.321 e. The van der Waals surface area contributed by atoms with Crippen molar-refractivity contribution in [3.8, 4) is 0 Å². The van der Waals surface area contributed by atoms with Gasteiger partial charge in [0, 0.05) is 33.0 Å². The van der Waals surface area contributed by atoms with Crippen molar-refractivity contribution in [3.05, 3.63) is 75.5 Å². The Morgan fingerprint density at radius 2 is 1.38 bits per heavy atom. The topological polar surface area (TPSA) is 160 Å². The molecule has 2 rings (SSSR count). The minimum atomic E-state index is -4.27. The largest absolute Gasteiger partial charge is 0.376 e. The first kappa shape index (κ1) is 20.5. The Morgan fingerprint density at radius 1 is 0.846 bits per heavy atom. The van der Waals surface area contributed by atoms with Crippen LogP contribution < -0.4 is 4.90 Å². The van der Waals surface area contributed by atoms with Crippen LogP contribution in [0.1, 0.15) is 0 Å². The van der Waals surface area contributed by atoms with Crippen LogP contribution in [0.15, 0.2) is 73.9 Å². The number of azo groups is 1. The van der Waals surface area contributed by atoms with Gasteiger partial charge in [-0.25, -0.2) is 8.42 Å². The van der Waals surface area contributed by atoms with Gasteiger partial charge in [0.05, 0.1) is 11.4 Å². The highest BCUT2D eigenvalue weighted by Crippen LogP contribution is 2.28. The SMILES string of the molecule is CN(C)c1ccccc1N=Nc1ccccc1.[N-]=[N+]=NS(=O)(=O)N=[N+]=[N-]. The molecule has 0 aromatic heterocycles. The highest BCUT2D eigenvalue weighted by Gasteiger charge is 2.01. The highest BCUT2D eigenvalue weighted by molar-refractivity contribution is 7.88. The summed E-state index contributed by atoms with van der Waals surface area (Å²) in [4.78, 5) is 5.82. The van der Waals surface area contributed by atoms with Crippen molar-refractivity contribution in [3.63, 3.8) is 0 Å². The van der Waals surface area contributed by atoms with E-state index in [0.29, 0.717) is 0 Å². The van der Waals surface area contributed by atoms with Gasteiger partial charge in [-0.3, -0.25) is 0 Å². The molecular formula is C14H15N9O2S. The quantitative estimate of drug-likeness (QED) is 0.409. The van der Waals surface area contributed by atoms with E-state index >= 15 is 0 Å². The van der Waals surface area contributed by atoms with Crippen molar-refractivity contribution >= 4 is 27.3 Å². The van der Waals surface area contributed by atoms with Gasteiger partial charge < -0.3 is 4.90 Å². The van der Waals surface area contributed by atoms with Gasteiger partial charge in [0.25, 0.3) is 0 Å². The molecule has 0 unspecified atom stereocenters. The average Bonchev–Trinajstić information content (AvgIpc) is 2.61. The third-order valence-corrected chi connectivity index (χ3v) is 3.23. The molecule has 2 aromatic carbocycles. The lowest BCUT2D eigenvalue weighted by atomic mass is 10.2. The van der Waals surface area contributed by atoms with Gasteiger partial charge >= 0.3 is 10.2 Å². The fourth-order valence-electron chi connectivity index (χ4n) is 1.64. The van der Waals surface area contributed by atoms with E-state index < -0.39 is 10.2 Å². The molecule has 0 atom stereocenters. The van der Waals surface area contributed by atoms with E-state index in [0.717, 1.165) is 17.1 Å². The van der Waals surface area contributed by atoms with Gasteiger partial charge in [-0.2, -0.15) is 5.11 Å². The second-order valence-electron chi connectivity index (χ2n) is 4.71. The van der Waals surface area contributed by atoms with Crippen molar-refractivity contribution in [2.45, 2.75) is 0 Å².